The quantitative estimate of drug-likeness (QED) is 0.609. The van der Waals surface area contributed by atoms with E-state index in [1.165, 1.54) is 0 Å². The van der Waals surface area contributed by atoms with E-state index in [1.807, 2.05) is 53.3 Å². The minimum Gasteiger partial charge on any atom is -0.454 e. The van der Waals surface area contributed by atoms with Crippen molar-refractivity contribution in [1.82, 2.24) is 15.1 Å². The van der Waals surface area contributed by atoms with Crippen LogP contribution in [-0.4, -0.2) is 33.8 Å². The maximum Gasteiger partial charge on any atom is 0.343 e. The Labute approximate surface area is 184 Å². The minimum absolute atomic E-state index is 0.0588. The van der Waals surface area contributed by atoms with Crippen molar-refractivity contribution < 1.29 is 18.8 Å². The number of anilines is 2. The van der Waals surface area contributed by atoms with Gasteiger partial charge in [0.1, 0.15) is 0 Å². The molecule has 0 spiro atoms. The van der Waals surface area contributed by atoms with E-state index in [4.69, 9.17) is 24.6 Å². The highest BCUT2D eigenvalue weighted by Gasteiger charge is 2.56. The Hall–Kier alpha value is -3.95. The van der Waals surface area contributed by atoms with Crippen LogP contribution in [0.25, 0.3) is 0 Å². The van der Waals surface area contributed by atoms with Crippen molar-refractivity contribution in [3.05, 3.63) is 58.9 Å². The number of nitrogens with two attached hydrogens (primary N) is 1. The van der Waals surface area contributed by atoms with E-state index in [-0.39, 0.29) is 12.8 Å². The first-order valence-corrected chi connectivity index (χ1v) is 10.4. The molecule has 3 aliphatic rings. The largest absolute Gasteiger partial charge is 0.454 e. The second-order valence-electron chi connectivity index (χ2n) is 8.19. The molecule has 2 N–H and O–H groups in total. The SMILES string of the molecule is CC1=NO[C@@]2(c3ccc(N)cc3)c3cc4c(cc3C[C@@H](C)N(c3nc(C)no3)N12)OCO4. The number of hydrogen-bond donors (Lipinski definition) is 1. The number of nitrogens with zero attached hydrogens (tertiary/aromatic N) is 5. The van der Waals surface area contributed by atoms with Gasteiger partial charge in [0.25, 0.3) is 5.72 Å². The summed E-state index contributed by atoms with van der Waals surface area (Å²) in [6, 6.07) is 11.9. The molecule has 0 radical (unpaired) electrons. The second-order valence-corrected chi connectivity index (χ2v) is 8.19. The van der Waals surface area contributed by atoms with E-state index in [2.05, 4.69) is 22.2 Å². The highest BCUT2D eigenvalue weighted by Crippen LogP contribution is 2.50. The number of aryl methyl sites for hydroxylation is 1. The van der Waals surface area contributed by atoms with E-state index < -0.39 is 5.72 Å². The summed E-state index contributed by atoms with van der Waals surface area (Å²) in [5, 5.41) is 12.4. The molecule has 1 aromatic heterocycles. The molecule has 10 heteroatoms. The normalized spacial score (nSPS) is 23.3. The fourth-order valence-electron chi connectivity index (χ4n) is 4.67. The summed E-state index contributed by atoms with van der Waals surface area (Å²) in [6.07, 6.45) is 0.678. The summed E-state index contributed by atoms with van der Waals surface area (Å²) in [7, 11) is 0. The fraction of sp³-hybridized carbons (Fsp3) is 0.318. The van der Waals surface area contributed by atoms with Gasteiger partial charge in [0.05, 0.1) is 6.04 Å². The van der Waals surface area contributed by atoms with E-state index in [0.29, 0.717) is 41.3 Å². The number of benzene rings is 2. The monoisotopic (exact) mass is 434 g/mol. The zero-order valence-corrected chi connectivity index (χ0v) is 17.9. The van der Waals surface area contributed by atoms with Gasteiger partial charge in [-0.2, -0.15) is 4.98 Å². The highest BCUT2D eigenvalue weighted by atomic mass is 16.7. The first-order valence-electron chi connectivity index (χ1n) is 10.4. The van der Waals surface area contributed by atoms with Crippen molar-refractivity contribution in [2.45, 2.75) is 39.0 Å². The Morgan fingerprint density at radius 2 is 1.84 bits per heavy atom. The van der Waals surface area contributed by atoms with Gasteiger partial charge >= 0.3 is 6.01 Å². The van der Waals surface area contributed by atoms with Crippen molar-refractivity contribution >= 4 is 17.5 Å². The van der Waals surface area contributed by atoms with Crippen molar-refractivity contribution in [3.63, 3.8) is 0 Å². The highest BCUT2D eigenvalue weighted by molar-refractivity contribution is 5.84. The molecule has 3 aromatic rings. The Morgan fingerprint density at radius 1 is 1.09 bits per heavy atom. The molecule has 0 saturated carbocycles. The summed E-state index contributed by atoms with van der Waals surface area (Å²) in [5.41, 5.74) is 8.33. The molecular weight excluding hydrogens is 412 g/mol. The summed E-state index contributed by atoms with van der Waals surface area (Å²) in [6.45, 7) is 5.97. The molecule has 0 fully saturated rings. The molecule has 6 rings (SSSR count). The molecule has 0 bridgehead atoms. The lowest BCUT2D eigenvalue weighted by Gasteiger charge is -2.42. The van der Waals surface area contributed by atoms with Gasteiger partial charge in [0.2, 0.25) is 6.79 Å². The van der Waals surface area contributed by atoms with Crippen LogP contribution in [0.3, 0.4) is 0 Å². The summed E-state index contributed by atoms with van der Waals surface area (Å²) >= 11 is 0. The van der Waals surface area contributed by atoms with Crippen LogP contribution in [0, 0.1) is 6.92 Å². The summed E-state index contributed by atoms with van der Waals surface area (Å²) < 4.78 is 17.0. The standard InChI is InChI=1S/C22H22N6O4/c1-12-8-15-9-19-20(30-11-29-19)10-18(15)22(16-4-6-17(23)7-5-16)28(14(3)26-32-22)27(12)21-24-13(2)25-31-21/h4-7,9-10,12H,8,11,23H2,1-3H3/t12-,22+/m1/s1. The predicted octanol–water partition coefficient (Wildman–Crippen LogP) is 2.92. The maximum atomic E-state index is 6.30. The molecule has 32 heavy (non-hydrogen) atoms. The van der Waals surface area contributed by atoms with E-state index in [9.17, 15) is 0 Å². The van der Waals surface area contributed by atoms with Crippen LogP contribution in [-0.2, 0) is 17.0 Å². The van der Waals surface area contributed by atoms with Crippen LogP contribution >= 0.6 is 0 Å². The lowest BCUT2D eigenvalue weighted by atomic mass is 9.88. The number of ether oxygens (including phenoxy) is 2. The number of amidine groups is 1. The average Bonchev–Trinajstić information content (AvgIpc) is 3.47. The number of fused-ring (bicyclic) bond motifs is 4. The van der Waals surface area contributed by atoms with Crippen LogP contribution in [0.2, 0.25) is 0 Å². The molecule has 0 saturated heterocycles. The lowest BCUT2D eigenvalue weighted by Crippen LogP contribution is -2.57. The van der Waals surface area contributed by atoms with Gasteiger partial charge < -0.3 is 24.6 Å². The third-order valence-electron chi connectivity index (χ3n) is 6.04. The Bertz CT molecular complexity index is 1240. The Morgan fingerprint density at radius 3 is 2.56 bits per heavy atom. The Balaban J connectivity index is 1.65. The fourth-order valence-corrected chi connectivity index (χ4v) is 4.67. The smallest absolute Gasteiger partial charge is 0.343 e. The number of nitrogen functional groups attached to an aromatic ring is 1. The Kier molecular flexibility index (Phi) is 3.83. The molecule has 164 valence electrons. The van der Waals surface area contributed by atoms with Gasteiger partial charge in [-0.3, -0.25) is 0 Å². The zero-order valence-electron chi connectivity index (χ0n) is 17.9. The summed E-state index contributed by atoms with van der Waals surface area (Å²) in [5.74, 6) is 2.58. The van der Waals surface area contributed by atoms with Gasteiger partial charge in [-0.25, -0.2) is 10.0 Å². The predicted molar refractivity (Wildman–Crippen MR) is 115 cm³/mol. The molecule has 0 unspecified atom stereocenters. The topological polar surface area (TPSA) is 111 Å². The number of hydrogen-bond acceptors (Lipinski definition) is 10. The van der Waals surface area contributed by atoms with Crippen LogP contribution in [0.4, 0.5) is 11.7 Å². The van der Waals surface area contributed by atoms with E-state index in [0.717, 1.165) is 16.7 Å². The third kappa shape index (κ3) is 2.49. The van der Waals surface area contributed by atoms with Gasteiger partial charge in [-0.15, -0.1) is 0 Å². The van der Waals surface area contributed by atoms with Gasteiger partial charge in [0, 0.05) is 16.8 Å². The number of rotatable bonds is 2. The van der Waals surface area contributed by atoms with Gasteiger partial charge in [0.15, 0.2) is 23.2 Å². The third-order valence-corrected chi connectivity index (χ3v) is 6.04. The maximum absolute atomic E-state index is 6.30. The minimum atomic E-state index is -1.12. The van der Waals surface area contributed by atoms with Crippen LogP contribution in [0.5, 0.6) is 11.5 Å². The van der Waals surface area contributed by atoms with Crippen LogP contribution in [0.1, 0.15) is 36.4 Å². The van der Waals surface area contributed by atoms with E-state index >= 15 is 0 Å². The first kappa shape index (κ1) is 18.8. The van der Waals surface area contributed by atoms with Crippen molar-refractivity contribution in [2.24, 2.45) is 5.16 Å². The molecule has 2 aromatic carbocycles. The van der Waals surface area contributed by atoms with Gasteiger partial charge in [-0.1, -0.05) is 22.4 Å². The zero-order chi connectivity index (χ0) is 22.0. The molecule has 4 heterocycles. The molecule has 10 nitrogen and oxygen atoms in total. The number of hydrazine groups is 1. The van der Waals surface area contributed by atoms with Crippen LogP contribution in [0.15, 0.2) is 46.1 Å². The second kappa shape index (κ2) is 6.52. The lowest BCUT2D eigenvalue weighted by molar-refractivity contribution is -0.0776. The number of aromatic nitrogens is 2. The molecule has 0 aliphatic carbocycles. The molecule has 3 aliphatic heterocycles. The van der Waals surface area contributed by atoms with Crippen molar-refractivity contribution in [1.29, 1.82) is 0 Å². The van der Waals surface area contributed by atoms with Crippen molar-refractivity contribution in [2.75, 3.05) is 17.5 Å². The molecule has 2 atom stereocenters. The van der Waals surface area contributed by atoms with Gasteiger partial charge in [-0.05, 0) is 57.0 Å². The molecule has 0 amide bonds. The van der Waals surface area contributed by atoms with E-state index in [1.54, 1.807) is 6.92 Å². The number of oxime groups is 1. The van der Waals surface area contributed by atoms with Crippen LogP contribution < -0.4 is 20.2 Å². The average molecular weight is 434 g/mol. The summed E-state index contributed by atoms with van der Waals surface area (Å²) in [4.78, 5) is 10.8. The first-order chi connectivity index (χ1) is 15.5. The molecular formula is C22H22N6O4. The van der Waals surface area contributed by atoms with Crippen molar-refractivity contribution in [3.8, 4) is 11.5 Å².